The molecular formula is C16H17NS. The summed E-state index contributed by atoms with van der Waals surface area (Å²) in [5.41, 5.74) is 11.8. The van der Waals surface area contributed by atoms with Crippen LogP contribution in [0.2, 0.25) is 0 Å². The summed E-state index contributed by atoms with van der Waals surface area (Å²) in [5.74, 6) is 0. The first kappa shape index (κ1) is 11.8. The molecule has 2 N–H and O–H groups in total. The summed E-state index contributed by atoms with van der Waals surface area (Å²) < 4.78 is 0. The molecule has 1 aliphatic carbocycles. The summed E-state index contributed by atoms with van der Waals surface area (Å²) in [6, 6.07) is 15.3. The maximum atomic E-state index is 6.44. The number of aryl methyl sites for hydroxylation is 2. The van der Waals surface area contributed by atoms with E-state index in [1.807, 2.05) is 0 Å². The van der Waals surface area contributed by atoms with Crippen molar-refractivity contribution in [1.29, 1.82) is 0 Å². The zero-order valence-electron chi connectivity index (χ0n) is 10.5. The van der Waals surface area contributed by atoms with Gasteiger partial charge < -0.3 is 5.73 Å². The number of fused-ring (bicyclic) bond motifs is 2. The van der Waals surface area contributed by atoms with Crippen LogP contribution in [0.15, 0.2) is 47.4 Å². The van der Waals surface area contributed by atoms with Crippen molar-refractivity contribution in [2.45, 2.75) is 23.8 Å². The van der Waals surface area contributed by atoms with Crippen molar-refractivity contribution in [3.8, 4) is 0 Å². The van der Waals surface area contributed by atoms with E-state index < -0.39 is 0 Å². The summed E-state index contributed by atoms with van der Waals surface area (Å²) in [6.07, 6.45) is 4.30. The van der Waals surface area contributed by atoms with Gasteiger partial charge in [0.15, 0.2) is 0 Å². The normalized spacial score (nSPS) is 17.8. The van der Waals surface area contributed by atoms with Crippen LogP contribution in [-0.4, -0.2) is 6.26 Å². The third-order valence-electron chi connectivity index (χ3n) is 3.74. The molecule has 0 aromatic heterocycles. The molecule has 0 radical (unpaired) electrons. The molecule has 2 aromatic carbocycles. The largest absolute Gasteiger partial charge is 0.320 e. The van der Waals surface area contributed by atoms with Gasteiger partial charge in [-0.1, -0.05) is 30.3 Å². The summed E-state index contributed by atoms with van der Waals surface area (Å²) >= 11 is 1.79. The molecule has 92 valence electrons. The topological polar surface area (TPSA) is 26.0 Å². The standard InChI is InChI=1S/C16H17NS/c1-18-13-8-9-15-12(10-13)7-6-11-4-2-3-5-14(11)16(15)17/h2-5,8-10,16H,6-7,17H2,1H3. The fraction of sp³-hybridized carbons (Fsp3) is 0.250. The third kappa shape index (κ3) is 1.96. The van der Waals surface area contributed by atoms with Gasteiger partial charge in [-0.3, -0.25) is 0 Å². The van der Waals surface area contributed by atoms with Crippen LogP contribution in [0.25, 0.3) is 0 Å². The van der Waals surface area contributed by atoms with Crippen molar-refractivity contribution < 1.29 is 0 Å². The summed E-state index contributed by atoms with van der Waals surface area (Å²) in [5, 5.41) is 0. The van der Waals surface area contributed by atoms with Gasteiger partial charge in [-0.25, -0.2) is 0 Å². The van der Waals surface area contributed by atoms with E-state index in [0.717, 1.165) is 12.8 Å². The third-order valence-corrected chi connectivity index (χ3v) is 4.46. The predicted molar refractivity (Wildman–Crippen MR) is 78.1 cm³/mol. The Morgan fingerprint density at radius 1 is 1.00 bits per heavy atom. The zero-order valence-corrected chi connectivity index (χ0v) is 11.3. The van der Waals surface area contributed by atoms with Gasteiger partial charge in [-0.05, 0) is 53.5 Å². The number of nitrogens with two attached hydrogens (primary N) is 1. The Morgan fingerprint density at radius 2 is 1.72 bits per heavy atom. The van der Waals surface area contributed by atoms with E-state index in [0.29, 0.717) is 0 Å². The average molecular weight is 255 g/mol. The molecule has 1 nitrogen and oxygen atoms in total. The molecule has 1 atom stereocenters. The smallest absolute Gasteiger partial charge is 0.0557 e. The molecule has 1 unspecified atom stereocenters. The summed E-state index contributed by atoms with van der Waals surface area (Å²) in [4.78, 5) is 1.33. The minimum atomic E-state index is 0.0228. The molecule has 2 heteroatoms. The van der Waals surface area contributed by atoms with E-state index in [-0.39, 0.29) is 6.04 Å². The van der Waals surface area contributed by atoms with Crippen LogP contribution in [0.4, 0.5) is 0 Å². The van der Waals surface area contributed by atoms with Gasteiger partial charge in [0, 0.05) is 4.90 Å². The van der Waals surface area contributed by atoms with Crippen molar-refractivity contribution in [1.82, 2.24) is 0 Å². The zero-order chi connectivity index (χ0) is 12.5. The Kier molecular flexibility index (Phi) is 3.14. The minimum absolute atomic E-state index is 0.0228. The molecule has 0 spiro atoms. The Hall–Kier alpha value is -1.25. The summed E-state index contributed by atoms with van der Waals surface area (Å²) in [7, 11) is 0. The first-order valence-corrected chi connectivity index (χ1v) is 7.52. The lowest BCUT2D eigenvalue weighted by molar-refractivity contribution is 0.861. The van der Waals surface area contributed by atoms with Gasteiger partial charge in [-0.15, -0.1) is 11.8 Å². The maximum absolute atomic E-state index is 6.44. The second-order valence-corrected chi connectivity index (χ2v) is 5.62. The Morgan fingerprint density at radius 3 is 2.56 bits per heavy atom. The molecule has 3 rings (SSSR count). The molecule has 0 aliphatic heterocycles. The first-order valence-electron chi connectivity index (χ1n) is 6.30. The van der Waals surface area contributed by atoms with Crippen molar-refractivity contribution in [2.75, 3.05) is 6.26 Å². The SMILES string of the molecule is CSc1ccc2c(c1)CCc1ccccc1C2N. The van der Waals surface area contributed by atoms with Crippen LogP contribution in [-0.2, 0) is 12.8 Å². The average Bonchev–Trinajstić information content (AvgIpc) is 2.57. The highest BCUT2D eigenvalue weighted by Gasteiger charge is 2.20. The van der Waals surface area contributed by atoms with Crippen molar-refractivity contribution in [2.24, 2.45) is 5.73 Å². The number of hydrogen-bond acceptors (Lipinski definition) is 2. The lowest BCUT2D eigenvalue weighted by Gasteiger charge is -2.15. The Balaban J connectivity index is 2.11. The maximum Gasteiger partial charge on any atom is 0.0557 e. The number of hydrogen-bond donors (Lipinski definition) is 1. The molecule has 1 aliphatic rings. The van der Waals surface area contributed by atoms with Crippen molar-refractivity contribution >= 4 is 11.8 Å². The Bertz CT molecular complexity index is 577. The summed E-state index contributed by atoms with van der Waals surface area (Å²) in [6.45, 7) is 0. The van der Waals surface area contributed by atoms with Crippen LogP contribution in [0.3, 0.4) is 0 Å². The molecule has 18 heavy (non-hydrogen) atoms. The number of thioether (sulfide) groups is 1. The fourth-order valence-corrected chi connectivity index (χ4v) is 3.20. The highest BCUT2D eigenvalue weighted by atomic mass is 32.2. The molecule has 0 bridgehead atoms. The van der Waals surface area contributed by atoms with Gasteiger partial charge >= 0.3 is 0 Å². The molecular weight excluding hydrogens is 238 g/mol. The number of rotatable bonds is 1. The minimum Gasteiger partial charge on any atom is -0.320 e. The predicted octanol–water partition coefficient (Wildman–Crippen LogP) is 3.56. The van der Waals surface area contributed by atoms with Gasteiger partial charge in [0.25, 0.3) is 0 Å². The van der Waals surface area contributed by atoms with Crippen LogP contribution in [0, 0.1) is 0 Å². The van der Waals surface area contributed by atoms with E-state index >= 15 is 0 Å². The van der Waals surface area contributed by atoms with Gasteiger partial charge in [0.05, 0.1) is 6.04 Å². The quantitative estimate of drug-likeness (QED) is 0.789. The molecule has 0 heterocycles. The monoisotopic (exact) mass is 255 g/mol. The van der Waals surface area contributed by atoms with Crippen LogP contribution < -0.4 is 5.73 Å². The molecule has 2 aromatic rings. The van der Waals surface area contributed by atoms with Crippen molar-refractivity contribution in [3.05, 3.63) is 64.7 Å². The van der Waals surface area contributed by atoms with E-state index in [1.165, 1.54) is 27.1 Å². The van der Waals surface area contributed by atoms with Crippen LogP contribution in [0.1, 0.15) is 28.3 Å². The van der Waals surface area contributed by atoms with Crippen LogP contribution >= 0.6 is 11.8 Å². The van der Waals surface area contributed by atoms with Crippen LogP contribution in [0.5, 0.6) is 0 Å². The van der Waals surface area contributed by atoms with Gasteiger partial charge in [-0.2, -0.15) is 0 Å². The molecule has 0 amide bonds. The van der Waals surface area contributed by atoms with Crippen molar-refractivity contribution in [3.63, 3.8) is 0 Å². The molecule has 0 saturated heterocycles. The van der Waals surface area contributed by atoms with E-state index in [2.05, 4.69) is 48.7 Å². The highest BCUT2D eigenvalue weighted by molar-refractivity contribution is 7.98. The Labute approximate surface area is 112 Å². The van der Waals surface area contributed by atoms with Gasteiger partial charge in [0.2, 0.25) is 0 Å². The first-order chi connectivity index (χ1) is 8.79. The van der Waals surface area contributed by atoms with Gasteiger partial charge in [0.1, 0.15) is 0 Å². The van der Waals surface area contributed by atoms with E-state index in [1.54, 1.807) is 11.8 Å². The fourth-order valence-electron chi connectivity index (χ4n) is 2.73. The molecule has 0 saturated carbocycles. The lowest BCUT2D eigenvalue weighted by Crippen LogP contribution is -2.13. The lowest BCUT2D eigenvalue weighted by atomic mass is 9.96. The highest BCUT2D eigenvalue weighted by Crippen LogP contribution is 2.32. The second-order valence-electron chi connectivity index (χ2n) is 4.74. The van der Waals surface area contributed by atoms with E-state index in [4.69, 9.17) is 5.73 Å². The number of benzene rings is 2. The molecule has 0 fully saturated rings. The van der Waals surface area contributed by atoms with E-state index in [9.17, 15) is 0 Å². The second kappa shape index (κ2) is 4.79.